The van der Waals surface area contributed by atoms with Crippen LogP contribution >= 0.6 is 39.9 Å². The van der Waals surface area contributed by atoms with Crippen molar-refractivity contribution in [2.75, 3.05) is 11.5 Å². The van der Waals surface area contributed by atoms with E-state index in [9.17, 15) is 9.59 Å². The van der Waals surface area contributed by atoms with Crippen molar-refractivity contribution < 1.29 is 19.4 Å². The van der Waals surface area contributed by atoms with Crippen LogP contribution in [0, 0.1) is 13.8 Å². The first-order valence-corrected chi connectivity index (χ1v) is 10.3. The van der Waals surface area contributed by atoms with Crippen molar-refractivity contribution in [1.29, 1.82) is 0 Å². The number of carboxylic acids is 1. The van der Waals surface area contributed by atoms with E-state index >= 15 is 0 Å². The molecule has 0 atom stereocenters. The van der Waals surface area contributed by atoms with E-state index in [0.29, 0.717) is 20.5 Å². The molecule has 0 spiro atoms. The van der Waals surface area contributed by atoms with Crippen molar-refractivity contribution in [2.24, 2.45) is 0 Å². The standard InChI is InChI=1S/C20H16BrNO4S2/c1-11-3-5-15(12(2)7-11)22-19(25)17(28-20(22)27)9-13-8-14(21)4-6-16(13)26-10-18(23)24/h3-9H,10H2,1-2H3,(H,23,24)/b17-9-. The molecule has 0 radical (unpaired) electrons. The Kier molecular flexibility index (Phi) is 6.22. The van der Waals surface area contributed by atoms with E-state index in [0.717, 1.165) is 21.3 Å². The molecule has 8 heteroatoms. The third-order valence-electron chi connectivity index (χ3n) is 4.00. The smallest absolute Gasteiger partial charge is 0.341 e. The van der Waals surface area contributed by atoms with Gasteiger partial charge in [0, 0.05) is 10.0 Å². The molecule has 2 aromatic carbocycles. The van der Waals surface area contributed by atoms with E-state index in [1.54, 1.807) is 24.3 Å². The van der Waals surface area contributed by atoms with Gasteiger partial charge in [0.1, 0.15) is 5.75 Å². The SMILES string of the molecule is Cc1ccc(N2C(=O)/C(=C/c3cc(Br)ccc3OCC(=O)O)SC2=S)c(C)c1. The summed E-state index contributed by atoms with van der Waals surface area (Å²) in [5.41, 5.74) is 3.42. The number of ether oxygens (including phenoxy) is 1. The van der Waals surface area contributed by atoms with Crippen LogP contribution in [0.3, 0.4) is 0 Å². The highest BCUT2D eigenvalue weighted by atomic mass is 79.9. The van der Waals surface area contributed by atoms with Gasteiger partial charge in [-0.25, -0.2) is 4.79 Å². The number of hydrogen-bond acceptors (Lipinski definition) is 5. The number of hydrogen-bond donors (Lipinski definition) is 1. The molecule has 1 amide bonds. The highest BCUT2D eigenvalue weighted by Crippen LogP contribution is 2.38. The Labute approximate surface area is 180 Å². The van der Waals surface area contributed by atoms with Crippen LogP contribution < -0.4 is 9.64 Å². The van der Waals surface area contributed by atoms with Crippen LogP contribution in [0.2, 0.25) is 0 Å². The number of aryl methyl sites for hydroxylation is 2. The van der Waals surface area contributed by atoms with E-state index in [4.69, 9.17) is 22.1 Å². The van der Waals surface area contributed by atoms with Crippen molar-refractivity contribution in [1.82, 2.24) is 0 Å². The lowest BCUT2D eigenvalue weighted by Gasteiger charge is -2.17. The fraction of sp³-hybridized carbons (Fsp3) is 0.150. The number of nitrogens with zero attached hydrogens (tertiary/aromatic N) is 1. The van der Waals surface area contributed by atoms with Crippen LogP contribution in [-0.4, -0.2) is 27.9 Å². The molecule has 0 aromatic heterocycles. The number of carboxylic acid groups (broad SMARTS) is 1. The lowest BCUT2D eigenvalue weighted by atomic mass is 10.1. The van der Waals surface area contributed by atoms with E-state index in [2.05, 4.69) is 15.9 Å². The molecular weight excluding hydrogens is 462 g/mol. The number of thioether (sulfide) groups is 1. The van der Waals surface area contributed by atoms with Crippen molar-refractivity contribution in [3.8, 4) is 5.75 Å². The maximum absolute atomic E-state index is 13.0. The minimum Gasteiger partial charge on any atom is -0.481 e. The van der Waals surface area contributed by atoms with Gasteiger partial charge in [-0.1, -0.05) is 57.6 Å². The minimum absolute atomic E-state index is 0.217. The largest absolute Gasteiger partial charge is 0.481 e. The Hall–Kier alpha value is -2.16. The monoisotopic (exact) mass is 477 g/mol. The zero-order valence-electron chi connectivity index (χ0n) is 15.1. The average Bonchev–Trinajstić information content (AvgIpc) is 2.88. The normalized spacial score (nSPS) is 15.4. The topological polar surface area (TPSA) is 66.8 Å². The molecule has 1 N–H and O–H groups in total. The van der Waals surface area contributed by atoms with Gasteiger partial charge in [-0.2, -0.15) is 0 Å². The second-order valence-corrected chi connectivity index (χ2v) is 8.76. The lowest BCUT2D eigenvalue weighted by molar-refractivity contribution is -0.139. The fourth-order valence-electron chi connectivity index (χ4n) is 2.78. The predicted octanol–water partition coefficient (Wildman–Crippen LogP) is 4.94. The van der Waals surface area contributed by atoms with Crippen LogP contribution in [0.15, 0.2) is 45.8 Å². The van der Waals surface area contributed by atoms with Crippen molar-refractivity contribution >= 4 is 67.9 Å². The molecule has 28 heavy (non-hydrogen) atoms. The van der Waals surface area contributed by atoms with Crippen LogP contribution in [-0.2, 0) is 9.59 Å². The lowest BCUT2D eigenvalue weighted by Crippen LogP contribution is -2.28. The molecule has 0 bridgehead atoms. The number of benzene rings is 2. The highest BCUT2D eigenvalue weighted by Gasteiger charge is 2.34. The van der Waals surface area contributed by atoms with E-state index in [1.807, 2.05) is 32.0 Å². The first-order valence-electron chi connectivity index (χ1n) is 8.25. The number of thiocarbonyl (C=S) groups is 1. The third-order valence-corrected chi connectivity index (χ3v) is 5.79. The van der Waals surface area contributed by atoms with Gasteiger partial charge in [-0.15, -0.1) is 0 Å². The number of amides is 1. The van der Waals surface area contributed by atoms with Crippen LogP contribution in [0.1, 0.15) is 16.7 Å². The van der Waals surface area contributed by atoms with Gasteiger partial charge in [-0.3, -0.25) is 9.69 Å². The second-order valence-electron chi connectivity index (χ2n) is 6.17. The Balaban J connectivity index is 1.96. The maximum Gasteiger partial charge on any atom is 0.341 e. The van der Waals surface area contributed by atoms with E-state index < -0.39 is 12.6 Å². The first kappa shape index (κ1) is 20.6. The predicted molar refractivity (Wildman–Crippen MR) is 119 cm³/mol. The molecule has 144 valence electrons. The molecule has 3 rings (SSSR count). The summed E-state index contributed by atoms with van der Waals surface area (Å²) in [5.74, 6) is -0.913. The van der Waals surface area contributed by atoms with E-state index in [1.165, 1.54) is 16.7 Å². The summed E-state index contributed by atoms with van der Waals surface area (Å²) in [5, 5.41) is 8.86. The first-order chi connectivity index (χ1) is 13.3. The van der Waals surface area contributed by atoms with Gasteiger partial charge in [0.05, 0.1) is 10.6 Å². The number of aliphatic carboxylic acids is 1. The Morgan fingerprint density at radius 1 is 1.29 bits per heavy atom. The zero-order valence-corrected chi connectivity index (χ0v) is 18.3. The van der Waals surface area contributed by atoms with Gasteiger partial charge in [0.15, 0.2) is 10.9 Å². The zero-order chi connectivity index (χ0) is 20.4. The summed E-state index contributed by atoms with van der Waals surface area (Å²) < 4.78 is 6.57. The Morgan fingerprint density at radius 2 is 2.04 bits per heavy atom. The number of halogens is 1. The fourth-order valence-corrected chi connectivity index (χ4v) is 4.43. The highest BCUT2D eigenvalue weighted by molar-refractivity contribution is 9.10. The van der Waals surface area contributed by atoms with Crippen molar-refractivity contribution in [2.45, 2.75) is 13.8 Å². The molecular formula is C20H16BrNO4S2. The van der Waals surface area contributed by atoms with Crippen LogP contribution in [0.4, 0.5) is 5.69 Å². The quantitative estimate of drug-likeness (QED) is 0.486. The second kappa shape index (κ2) is 8.46. The third kappa shape index (κ3) is 4.45. The van der Waals surface area contributed by atoms with Gasteiger partial charge >= 0.3 is 5.97 Å². The summed E-state index contributed by atoms with van der Waals surface area (Å²) in [6, 6.07) is 11.0. The summed E-state index contributed by atoms with van der Waals surface area (Å²) >= 11 is 10.0. The van der Waals surface area contributed by atoms with Crippen LogP contribution in [0.5, 0.6) is 5.75 Å². The summed E-state index contributed by atoms with van der Waals surface area (Å²) in [6.07, 6.45) is 1.67. The molecule has 1 aliphatic rings. The molecule has 5 nitrogen and oxygen atoms in total. The molecule has 0 aliphatic carbocycles. The molecule has 1 fully saturated rings. The molecule has 1 heterocycles. The van der Waals surface area contributed by atoms with Crippen molar-refractivity contribution in [3.63, 3.8) is 0 Å². The Bertz CT molecular complexity index is 1020. The number of rotatable bonds is 5. The van der Waals surface area contributed by atoms with Gasteiger partial charge in [0.25, 0.3) is 5.91 Å². The minimum atomic E-state index is -1.07. The van der Waals surface area contributed by atoms with Crippen LogP contribution in [0.25, 0.3) is 6.08 Å². The summed E-state index contributed by atoms with van der Waals surface area (Å²) in [6.45, 7) is 3.47. The molecule has 2 aromatic rings. The molecule has 0 saturated carbocycles. The van der Waals surface area contributed by atoms with Crippen molar-refractivity contribution in [3.05, 3.63) is 62.5 Å². The number of carbonyl (C=O) groups is 2. The molecule has 0 unspecified atom stereocenters. The molecule has 1 saturated heterocycles. The number of carbonyl (C=O) groups excluding carboxylic acids is 1. The Morgan fingerprint density at radius 3 is 2.71 bits per heavy atom. The van der Waals surface area contributed by atoms with Gasteiger partial charge in [0.2, 0.25) is 0 Å². The summed E-state index contributed by atoms with van der Waals surface area (Å²) in [4.78, 5) is 25.8. The maximum atomic E-state index is 13.0. The average molecular weight is 478 g/mol. The number of anilines is 1. The summed E-state index contributed by atoms with van der Waals surface area (Å²) in [7, 11) is 0. The molecule has 1 aliphatic heterocycles. The van der Waals surface area contributed by atoms with Gasteiger partial charge in [-0.05, 0) is 49.8 Å². The van der Waals surface area contributed by atoms with Gasteiger partial charge < -0.3 is 9.84 Å². The van der Waals surface area contributed by atoms with E-state index in [-0.39, 0.29) is 5.91 Å².